The third-order valence-electron chi connectivity index (χ3n) is 3.03. The monoisotopic (exact) mass is 316 g/mol. The highest BCUT2D eigenvalue weighted by atomic mass is 32.2. The molecule has 0 amide bonds. The molecule has 1 N–H and O–H groups in total. The quantitative estimate of drug-likeness (QED) is 0.723. The molecule has 112 valence electrons. The molecule has 22 heavy (non-hydrogen) atoms. The summed E-state index contributed by atoms with van der Waals surface area (Å²) >= 11 is 1.41. The number of carbonyl (C=O) groups is 1. The first-order valence-corrected chi connectivity index (χ1v) is 7.43. The Balaban J connectivity index is 1.78. The number of aryl methyl sites for hydroxylation is 1. The molecule has 0 atom stereocenters. The summed E-state index contributed by atoms with van der Waals surface area (Å²) in [5, 5.41) is 21.2. The fourth-order valence-electron chi connectivity index (χ4n) is 1.91. The van der Waals surface area contributed by atoms with Crippen LogP contribution in [0.15, 0.2) is 46.0 Å². The van der Waals surface area contributed by atoms with Gasteiger partial charge in [0.2, 0.25) is 10.9 Å². The smallest absolute Gasteiger partial charge is 0.371 e. The number of carboxylic acid groups (broad SMARTS) is 1. The Labute approximate surface area is 129 Å². The van der Waals surface area contributed by atoms with Crippen molar-refractivity contribution in [2.75, 3.05) is 0 Å². The van der Waals surface area contributed by atoms with Crippen LogP contribution in [-0.4, -0.2) is 31.3 Å². The van der Waals surface area contributed by atoms with Crippen LogP contribution in [0.5, 0.6) is 0 Å². The van der Waals surface area contributed by atoms with Gasteiger partial charge in [-0.1, -0.05) is 30.0 Å². The van der Waals surface area contributed by atoms with E-state index >= 15 is 0 Å². The minimum Gasteiger partial charge on any atom is -0.475 e. The van der Waals surface area contributed by atoms with Gasteiger partial charge in [0.15, 0.2) is 0 Å². The standard InChI is InChI=1S/C14H12N4O3S/c1-9-10(7-12(21-9)13(19)20)8-22-14-15-16-17-18(14)11-5-3-2-4-6-11/h2-7H,8H2,1H3,(H,19,20). The number of nitrogens with zero attached hydrogens (tertiary/aromatic N) is 4. The third-order valence-corrected chi connectivity index (χ3v) is 4.00. The van der Waals surface area contributed by atoms with Gasteiger partial charge < -0.3 is 9.52 Å². The second-order valence-electron chi connectivity index (χ2n) is 4.49. The molecular weight excluding hydrogens is 304 g/mol. The average Bonchev–Trinajstić information content (AvgIpc) is 3.12. The van der Waals surface area contributed by atoms with Crippen molar-refractivity contribution < 1.29 is 14.3 Å². The van der Waals surface area contributed by atoms with Gasteiger partial charge in [0.05, 0.1) is 5.69 Å². The molecule has 3 rings (SSSR count). The Morgan fingerprint density at radius 2 is 2.14 bits per heavy atom. The lowest BCUT2D eigenvalue weighted by Crippen LogP contribution is -1.98. The number of hydrogen-bond acceptors (Lipinski definition) is 6. The minimum atomic E-state index is -1.08. The molecule has 0 aliphatic rings. The number of aromatic carboxylic acids is 1. The molecule has 0 bridgehead atoms. The fourth-order valence-corrected chi connectivity index (χ4v) is 2.84. The van der Waals surface area contributed by atoms with Crippen molar-refractivity contribution in [3.8, 4) is 5.69 Å². The molecule has 2 heterocycles. The van der Waals surface area contributed by atoms with E-state index in [-0.39, 0.29) is 5.76 Å². The van der Waals surface area contributed by atoms with Crippen molar-refractivity contribution in [3.63, 3.8) is 0 Å². The van der Waals surface area contributed by atoms with E-state index in [2.05, 4.69) is 15.5 Å². The molecule has 0 fully saturated rings. The van der Waals surface area contributed by atoms with Crippen LogP contribution in [-0.2, 0) is 5.75 Å². The van der Waals surface area contributed by atoms with Crippen molar-refractivity contribution in [1.29, 1.82) is 0 Å². The summed E-state index contributed by atoms with van der Waals surface area (Å²) in [5.41, 5.74) is 1.68. The number of aromatic nitrogens is 4. The van der Waals surface area contributed by atoms with E-state index in [0.717, 1.165) is 11.3 Å². The van der Waals surface area contributed by atoms with Crippen molar-refractivity contribution in [2.45, 2.75) is 17.8 Å². The summed E-state index contributed by atoms with van der Waals surface area (Å²) in [6.07, 6.45) is 0. The van der Waals surface area contributed by atoms with Crippen LogP contribution in [0.1, 0.15) is 21.9 Å². The zero-order chi connectivity index (χ0) is 15.5. The highest BCUT2D eigenvalue weighted by Crippen LogP contribution is 2.25. The van der Waals surface area contributed by atoms with Gasteiger partial charge in [-0.05, 0) is 35.5 Å². The Kier molecular flexibility index (Phi) is 3.92. The second kappa shape index (κ2) is 6.02. The van der Waals surface area contributed by atoms with Gasteiger partial charge in [-0.15, -0.1) is 5.10 Å². The lowest BCUT2D eigenvalue weighted by molar-refractivity contribution is 0.0661. The molecule has 0 saturated heterocycles. The topological polar surface area (TPSA) is 94.0 Å². The van der Waals surface area contributed by atoms with Gasteiger partial charge in [0.25, 0.3) is 0 Å². The summed E-state index contributed by atoms with van der Waals surface area (Å²) < 4.78 is 6.83. The van der Waals surface area contributed by atoms with Gasteiger partial charge in [0, 0.05) is 11.3 Å². The largest absolute Gasteiger partial charge is 0.475 e. The van der Waals surface area contributed by atoms with Gasteiger partial charge in [-0.2, -0.15) is 4.68 Å². The number of benzene rings is 1. The molecule has 3 aromatic rings. The number of furan rings is 1. The van der Waals surface area contributed by atoms with Crippen molar-refractivity contribution in [2.24, 2.45) is 0 Å². The highest BCUT2D eigenvalue weighted by Gasteiger charge is 2.15. The average molecular weight is 316 g/mol. The molecule has 1 aromatic carbocycles. The fraction of sp³-hybridized carbons (Fsp3) is 0.143. The highest BCUT2D eigenvalue weighted by molar-refractivity contribution is 7.98. The van der Waals surface area contributed by atoms with Gasteiger partial charge >= 0.3 is 5.97 Å². The summed E-state index contributed by atoms with van der Waals surface area (Å²) in [5.74, 6) is -0.0247. The second-order valence-corrected chi connectivity index (χ2v) is 5.44. The molecule has 0 aliphatic carbocycles. The van der Waals surface area contributed by atoms with Crippen LogP contribution in [0.4, 0.5) is 0 Å². The predicted molar refractivity (Wildman–Crippen MR) is 79.1 cm³/mol. The zero-order valence-corrected chi connectivity index (χ0v) is 12.4. The van der Waals surface area contributed by atoms with E-state index < -0.39 is 5.97 Å². The molecule has 0 saturated carbocycles. The van der Waals surface area contributed by atoms with E-state index in [1.165, 1.54) is 17.8 Å². The molecule has 0 aliphatic heterocycles. The number of thioether (sulfide) groups is 1. The van der Waals surface area contributed by atoms with Gasteiger partial charge in [0.1, 0.15) is 5.76 Å². The van der Waals surface area contributed by atoms with Gasteiger partial charge in [-0.3, -0.25) is 0 Å². The number of hydrogen-bond donors (Lipinski definition) is 1. The molecule has 7 nitrogen and oxygen atoms in total. The number of carboxylic acids is 1. The minimum absolute atomic E-state index is 0.0595. The van der Waals surface area contributed by atoms with E-state index in [0.29, 0.717) is 16.7 Å². The van der Waals surface area contributed by atoms with Crippen LogP contribution < -0.4 is 0 Å². The zero-order valence-electron chi connectivity index (χ0n) is 11.6. The Hall–Kier alpha value is -2.61. The maximum absolute atomic E-state index is 10.9. The first-order chi connectivity index (χ1) is 10.6. The lowest BCUT2D eigenvalue weighted by atomic mass is 10.3. The Morgan fingerprint density at radius 1 is 1.36 bits per heavy atom. The number of rotatable bonds is 5. The summed E-state index contributed by atoms with van der Waals surface area (Å²) in [6.45, 7) is 1.74. The SMILES string of the molecule is Cc1oc(C(=O)O)cc1CSc1nnnn1-c1ccccc1. The number of tetrazole rings is 1. The molecule has 0 radical (unpaired) electrons. The van der Waals surface area contributed by atoms with Crippen LogP contribution in [0.25, 0.3) is 5.69 Å². The van der Waals surface area contributed by atoms with Crippen LogP contribution in [0, 0.1) is 6.92 Å². The van der Waals surface area contributed by atoms with Crippen LogP contribution >= 0.6 is 11.8 Å². The maximum atomic E-state index is 10.9. The molecule has 8 heteroatoms. The van der Waals surface area contributed by atoms with Gasteiger partial charge in [-0.25, -0.2) is 4.79 Å². The van der Waals surface area contributed by atoms with Crippen molar-refractivity contribution in [1.82, 2.24) is 20.2 Å². The van der Waals surface area contributed by atoms with E-state index in [1.807, 2.05) is 30.3 Å². The Bertz CT molecular complexity index is 798. The third kappa shape index (κ3) is 2.86. The maximum Gasteiger partial charge on any atom is 0.371 e. The molecular formula is C14H12N4O3S. The van der Waals surface area contributed by atoms with E-state index in [1.54, 1.807) is 11.6 Å². The summed E-state index contributed by atoms with van der Waals surface area (Å²) in [6, 6.07) is 11.1. The van der Waals surface area contributed by atoms with E-state index in [9.17, 15) is 4.79 Å². The predicted octanol–water partition coefficient (Wildman–Crippen LogP) is 2.55. The van der Waals surface area contributed by atoms with Crippen molar-refractivity contribution in [3.05, 3.63) is 53.5 Å². The lowest BCUT2D eigenvalue weighted by Gasteiger charge is -2.03. The molecule has 0 unspecified atom stereocenters. The molecule has 2 aromatic heterocycles. The van der Waals surface area contributed by atoms with E-state index in [4.69, 9.17) is 9.52 Å². The van der Waals surface area contributed by atoms with Crippen LogP contribution in [0.3, 0.4) is 0 Å². The van der Waals surface area contributed by atoms with Crippen LogP contribution in [0.2, 0.25) is 0 Å². The summed E-state index contributed by atoms with van der Waals surface area (Å²) in [4.78, 5) is 10.9. The van der Waals surface area contributed by atoms with Crippen molar-refractivity contribution >= 4 is 17.7 Å². The Morgan fingerprint density at radius 3 is 2.82 bits per heavy atom. The first-order valence-electron chi connectivity index (χ1n) is 6.44. The first kappa shape index (κ1) is 14.3. The molecule has 0 spiro atoms. The number of para-hydroxylation sites is 1. The normalized spacial score (nSPS) is 10.8. The summed E-state index contributed by atoms with van der Waals surface area (Å²) in [7, 11) is 0.